The summed E-state index contributed by atoms with van der Waals surface area (Å²) in [6.07, 6.45) is 6.76. The fraction of sp³-hybridized carbons (Fsp3) is 0.933. The Hall–Kier alpha value is -0.610. The molecule has 1 amide bonds. The van der Waals surface area contributed by atoms with Gasteiger partial charge in [-0.05, 0) is 33.1 Å². The highest BCUT2D eigenvalue weighted by Crippen LogP contribution is 2.54. The number of nitrogens with one attached hydrogen (secondary N) is 1. The molecule has 4 heteroatoms. The normalized spacial score (nSPS) is 28.3. The molecule has 2 atom stereocenters. The molecule has 0 bridgehead atoms. The van der Waals surface area contributed by atoms with Gasteiger partial charge in [0.15, 0.2) is 0 Å². The maximum absolute atomic E-state index is 11.9. The minimum Gasteiger partial charge on any atom is -0.381 e. The van der Waals surface area contributed by atoms with Gasteiger partial charge in [0.2, 0.25) is 5.91 Å². The van der Waals surface area contributed by atoms with Gasteiger partial charge in [0.25, 0.3) is 0 Å². The van der Waals surface area contributed by atoms with Crippen LogP contribution in [0.25, 0.3) is 0 Å². The zero-order valence-electron chi connectivity index (χ0n) is 12.2. The molecule has 1 N–H and O–H groups in total. The van der Waals surface area contributed by atoms with Crippen molar-refractivity contribution in [1.29, 1.82) is 0 Å². The molecule has 2 rings (SSSR count). The van der Waals surface area contributed by atoms with Crippen LogP contribution in [0.15, 0.2) is 0 Å². The zero-order valence-corrected chi connectivity index (χ0v) is 12.2. The molecule has 0 heterocycles. The summed E-state index contributed by atoms with van der Waals surface area (Å²) in [5.41, 5.74) is 0.233. The van der Waals surface area contributed by atoms with Gasteiger partial charge in [0.1, 0.15) is 0 Å². The molecule has 2 aliphatic rings. The van der Waals surface area contributed by atoms with Gasteiger partial charge in [-0.3, -0.25) is 4.79 Å². The first kappa shape index (κ1) is 14.8. The molecule has 0 aromatic heterocycles. The van der Waals surface area contributed by atoms with Crippen molar-refractivity contribution in [2.24, 2.45) is 5.41 Å². The molecule has 2 aliphatic carbocycles. The van der Waals surface area contributed by atoms with Crippen molar-refractivity contribution >= 4 is 5.91 Å². The monoisotopic (exact) mass is 269 g/mol. The predicted molar refractivity (Wildman–Crippen MR) is 74.0 cm³/mol. The highest BCUT2D eigenvalue weighted by Gasteiger charge is 2.57. The molecule has 110 valence electrons. The number of hydrogen-bond acceptors (Lipinski definition) is 3. The number of ether oxygens (including phenoxy) is 2. The summed E-state index contributed by atoms with van der Waals surface area (Å²) in [7, 11) is 0. The van der Waals surface area contributed by atoms with Gasteiger partial charge in [-0.15, -0.1) is 0 Å². The van der Waals surface area contributed by atoms with Gasteiger partial charge in [-0.25, -0.2) is 0 Å². The molecule has 2 fully saturated rings. The van der Waals surface area contributed by atoms with E-state index in [0.29, 0.717) is 31.8 Å². The molecule has 2 saturated carbocycles. The lowest BCUT2D eigenvalue weighted by Crippen LogP contribution is -2.63. The van der Waals surface area contributed by atoms with Crippen LogP contribution in [0.3, 0.4) is 0 Å². The predicted octanol–water partition coefficient (Wildman–Crippen LogP) is 2.27. The Morgan fingerprint density at radius 1 is 1.26 bits per heavy atom. The lowest BCUT2D eigenvalue weighted by atomic mass is 9.60. The number of carbonyl (C=O) groups excluding carboxylic acids is 1. The van der Waals surface area contributed by atoms with Gasteiger partial charge in [0, 0.05) is 31.1 Å². The Kier molecular flexibility index (Phi) is 5.22. The first-order valence-electron chi connectivity index (χ1n) is 7.71. The van der Waals surface area contributed by atoms with Crippen molar-refractivity contribution in [2.75, 3.05) is 19.8 Å². The van der Waals surface area contributed by atoms with E-state index >= 15 is 0 Å². The van der Waals surface area contributed by atoms with Crippen molar-refractivity contribution in [1.82, 2.24) is 5.32 Å². The Bertz CT molecular complexity index is 300. The Morgan fingerprint density at radius 2 is 2.00 bits per heavy atom. The molecule has 0 aromatic rings. The maximum atomic E-state index is 11.9. The van der Waals surface area contributed by atoms with Crippen LogP contribution >= 0.6 is 0 Å². The average molecular weight is 269 g/mol. The number of amides is 1. The molecule has 0 radical (unpaired) electrons. The van der Waals surface area contributed by atoms with Crippen LogP contribution in [0.2, 0.25) is 0 Å². The van der Waals surface area contributed by atoms with Crippen LogP contribution in [0, 0.1) is 5.41 Å². The van der Waals surface area contributed by atoms with Crippen LogP contribution in [-0.2, 0) is 14.3 Å². The highest BCUT2D eigenvalue weighted by molar-refractivity contribution is 5.76. The summed E-state index contributed by atoms with van der Waals surface area (Å²) in [4.78, 5) is 11.9. The Morgan fingerprint density at radius 3 is 2.63 bits per heavy atom. The largest absolute Gasteiger partial charge is 0.381 e. The van der Waals surface area contributed by atoms with Gasteiger partial charge >= 0.3 is 0 Å². The molecule has 0 aliphatic heterocycles. The first-order valence-corrected chi connectivity index (χ1v) is 7.71. The summed E-state index contributed by atoms with van der Waals surface area (Å²) in [5.74, 6) is 0.125. The number of carbonyl (C=O) groups is 1. The summed E-state index contributed by atoms with van der Waals surface area (Å²) in [6, 6.07) is 0.320. The highest BCUT2D eigenvalue weighted by atomic mass is 16.5. The third kappa shape index (κ3) is 3.11. The van der Waals surface area contributed by atoms with Gasteiger partial charge in [0.05, 0.1) is 12.7 Å². The van der Waals surface area contributed by atoms with Crippen molar-refractivity contribution < 1.29 is 14.3 Å². The molecular weight excluding hydrogens is 242 g/mol. The smallest absolute Gasteiger partial charge is 0.222 e. The van der Waals surface area contributed by atoms with Gasteiger partial charge < -0.3 is 14.8 Å². The van der Waals surface area contributed by atoms with E-state index in [1.165, 1.54) is 25.7 Å². The second kappa shape index (κ2) is 6.71. The topological polar surface area (TPSA) is 47.6 Å². The molecule has 0 unspecified atom stereocenters. The van der Waals surface area contributed by atoms with Crippen LogP contribution in [0.5, 0.6) is 0 Å². The van der Waals surface area contributed by atoms with E-state index in [4.69, 9.17) is 9.47 Å². The first-order chi connectivity index (χ1) is 9.23. The third-order valence-corrected chi connectivity index (χ3v) is 4.70. The van der Waals surface area contributed by atoms with Gasteiger partial charge in [-0.1, -0.05) is 12.8 Å². The summed E-state index contributed by atoms with van der Waals surface area (Å²) in [6.45, 7) is 5.97. The van der Waals surface area contributed by atoms with Crippen LogP contribution in [0.1, 0.15) is 52.4 Å². The van der Waals surface area contributed by atoms with E-state index in [1.54, 1.807) is 0 Å². The number of rotatable bonds is 7. The SMILES string of the molecule is CCOCCC(=O)N[C@@H]1C[C@H](OCC)C12CCCC2. The van der Waals surface area contributed by atoms with Crippen LogP contribution in [0.4, 0.5) is 0 Å². The standard InChI is InChI=1S/C15H27NO3/c1-3-18-10-7-14(17)16-12-11-13(19-4-2)15(12)8-5-6-9-15/h12-13H,3-11H2,1-2H3,(H,16,17)/t12-,13+/m1/s1. The molecule has 4 nitrogen and oxygen atoms in total. The Balaban J connectivity index is 1.82. The molecule has 19 heavy (non-hydrogen) atoms. The second-order valence-corrected chi connectivity index (χ2v) is 5.69. The van der Waals surface area contributed by atoms with E-state index in [2.05, 4.69) is 12.2 Å². The molecular formula is C15H27NO3. The minimum atomic E-state index is 0.125. The van der Waals surface area contributed by atoms with E-state index < -0.39 is 0 Å². The maximum Gasteiger partial charge on any atom is 0.222 e. The fourth-order valence-electron chi connectivity index (χ4n) is 3.66. The lowest BCUT2D eigenvalue weighted by molar-refractivity contribution is -0.144. The van der Waals surface area contributed by atoms with Crippen molar-refractivity contribution in [3.8, 4) is 0 Å². The van der Waals surface area contributed by atoms with E-state index in [9.17, 15) is 4.79 Å². The second-order valence-electron chi connectivity index (χ2n) is 5.69. The summed E-state index contributed by atoms with van der Waals surface area (Å²) >= 11 is 0. The fourth-order valence-corrected chi connectivity index (χ4v) is 3.66. The van der Waals surface area contributed by atoms with E-state index in [0.717, 1.165) is 13.0 Å². The van der Waals surface area contributed by atoms with Crippen LogP contribution in [-0.4, -0.2) is 37.9 Å². The third-order valence-electron chi connectivity index (χ3n) is 4.70. The molecule has 0 saturated heterocycles. The quantitative estimate of drug-likeness (QED) is 0.721. The molecule has 1 spiro atoms. The summed E-state index contributed by atoms with van der Waals surface area (Å²) in [5, 5.41) is 3.20. The lowest BCUT2D eigenvalue weighted by Gasteiger charge is -2.54. The van der Waals surface area contributed by atoms with E-state index in [-0.39, 0.29) is 11.3 Å². The van der Waals surface area contributed by atoms with E-state index in [1.807, 2.05) is 6.92 Å². The van der Waals surface area contributed by atoms with Crippen molar-refractivity contribution in [3.05, 3.63) is 0 Å². The van der Waals surface area contributed by atoms with Crippen LogP contribution < -0.4 is 5.32 Å². The minimum absolute atomic E-state index is 0.125. The van der Waals surface area contributed by atoms with Gasteiger partial charge in [-0.2, -0.15) is 0 Å². The zero-order chi connectivity index (χ0) is 13.7. The van der Waals surface area contributed by atoms with Crippen molar-refractivity contribution in [2.45, 2.75) is 64.5 Å². The Labute approximate surface area is 116 Å². The number of hydrogen-bond donors (Lipinski definition) is 1. The van der Waals surface area contributed by atoms with Crippen molar-refractivity contribution in [3.63, 3.8) is 0 Å². The molecule has 0 aromatic carbocycles. The summed E-state index contributed by atoms with van der Waals surface area (Å²) < 4.78 is 11.1. The average Bonchev–Trinajstić information content (AvgIpc) is 2.90.